The number of nitrogens with one attached hydrogen (secondary N) is 1. The molecule has 10 heteroatoms. The Morgan fingerprint density at radius 1 is 1.02 bits per heavy atom. The topological polar surface area (TPSA) is 129 Å². The van der Waals surface area contributed by atoms with Gasteiger partial charge in [0.2, 0.25) is 0 Å². The van der Waals surface area contributed by atoms with Gasteiger partial charge in [-0.05, 0) is 49.7 Å². The zero-order chi connectivity index (χ0) is 29.1. The second kappa shape index (κ2) is 11.5. The quantitative estimate of drug-likeness (QED) is 0.152. The van der Waals surface area contributed by atoms with Crippen LogP contribution in [0.15, 0.2) is 101 Å². The average Bonchev–Trinajstić information content (AvgIpc) is 3.00. The number of rotatable bonds is 7. The number of fused-ring (bicyclic) bond motifs is 1. The van der Waals surface area contributed by atoms with Crippen molar-refractivity contribution >= 4 is 23.5 Å². The molecule has 0 saturated heterocycles. The van der Waals surface area contributed by atoms with Crippen LogP contribution in [0.1, 0.15) is 41.3 Å². The maximum absolute atomic E-state index is 13.7. The normalized spacial score (nSPS) is 14.1. The summed E-state index contributed by atoms with van der Waals surface area (Å²) in [6.45, 7) is 3.63. The summed E-state index contributed by atoms with van der Waals surface area (Å²) in [5.41, 5.74) is 2.01. The zero-order valence-corrected chi connectivity index (χ0v) is 22.8. The lowest BCUT2D eigenvalue weighted by molar-refractivity contribution is -0.138. The Kier molecular flexibility index (Phi) is 7.66. The van der Waals surface area contributed by atoms with E-state index in [1.165, 1.54) is 11.7 Å². The third-order valence-electron chi connectivity index (χ3n) is 6.81. The molecule has 41 heavy (non-hydrogen) atoms. The molecule has 0 saturated carbocycles. The minimum absolute atomic E-state index is 0.0966. The van der Waals surface area contributed by atoms with Crippen LogP contribution >= 0.6 is 0 Å². The van der Waals surface area contributed by atoms with E-state index in [1.54, 1.807) is 62.4 Å². The lowest BCUT2D eigenvalue weighted by Crippen LogP contribution is -2.43. The number of carbonyl (C=O) groups excluding carboxylic acids is 2. The van der Waals surface area contributed by atoms with Crippen molar-refractivity contribution in [1.82, 2.24) is 9.55 Å². The van der Waals surface area contributed by atoms with Gasteiger partial charge in [-0.2, -0.15) is 4.98 Å². The Labute approximate surface area is 236 Å². The van der Waals surface area contributed by atoms with Crippen molar-refractivity contribution in [2.45, 2.75) is 19.8 Å². The number of nitrogens with two attached hydrogens (primary N) is 1. The van der Waals surface area contributed by atoms with Crippen molar-refractivity contribution in [2.75, 3.05) is 24.0 Å². The molecule has 0 fully saturated rings. The SMILES string of the molecule is CCOC(=O)C1=C(C)Nc2c(c(N(N)C(=O)c3cccc(OC)c3)nc(=O)n2-c2ccccc2)C1c1ccccc1. The molecule has 1 aliphatic rings. The van der Waals surface area contributed by atoms with Gasteiger partial charge in [0.05, 0.1) is 36.5 Å². The van der Waals surface area contributed by atoms with Crippen molar-refractivity contribution in [1.29, 1.82) is 0 Å². The summed E-state index contributed by atoms with van der Waals surface area (Å²) < 4.78 is 12.1. The number of methoxy groups -OCH3 is 1. The molecule has 2 heterocycles. The summed E-state index contributed by atoms with van der Waals surface area (Å²) in [5, 5.41) is 4.08. The summed E-state index contributed by atoms with van der Waals surface area (Å²) in [4.78, 5) is 45.0. The Hall–Kier alpha value is -5.22. The zero-order valence-electron chi connectivity index (χ0n) is 22.8. The van der Waals surface area contributed by atoms with Gasteiger partial charge < -0.3 is 14.8 Å². The molecular formula is C31H29N5O5. The highest BCUT2D eigenvalue weighted by Gasteiger charge is 2.39. The number of aromatic nitrogens is 2. The van der Waals surface area contributed by atoms with Crippen LogP contribution in [0.4, 0.5) is 11.6 Å². The van der Waals surface area contributed by atoms with Crippen LogP contribution in [-0.4, -0.2) is 35.1 Å². The van der Waals surface area contributed by atoms with Crippen LogP contribution in [0.25, 0.3) is 5.69 Å². The lowest BCUT2D eigenvalue weighted by Gasteiger charge is -2.34. The van der Waals surface area contributed by atoms with Crippen LogP contribution in [0.5, 0.6) is 5.75 Å². The number of hydrogen-bond acceptors (Lipinski definition) is 8. The molecule has 10 nitrogen and oxygen atoms in total. The van der Waals surface area contributed by atoms with E-state index in [1.807, 2.05) is 36.4 Å². The summed E-state index contributed by atoms with van der Waals surface area (Å²) >= 11 is 0. The molecule has 4 aromatic rings. The van der Waals surface area contributed by atoms with E-state index in [-0.39, 0.29) is 18.0 Å². The highest BCUT2D eigenvalue weighted by molar-refractivity contribution is 6.06. The molecule has 0 spiro atoms. The van der Waals surface area contributed by atoms with Gasteiger partial charge in [-0.3, -0.25) is 4.79 Å². The minimum atomic E-state index is -0.770. The number of esters is 1. The van der Waals surface area contributed by atoms with Crippen molar-refractivity contribution < 1.29 is 19.1 Å². The summed E-state index contributed by atoms with van der Waals surface area (Å²) in [6.07, 6.45) is 0. The van der Waals surface area contributed by atoms with Gasteiger partial charge in [0.25, 0.3) is 5.91 Å². The van der Waals surface area contributed by atoms with Crippen LogP contribution in [0.2, 0.25) is 0 Å². The third-order valence-corrected chi connectivity index (χ3v) is 6.81. The molecule has 3 aromatic carbocycles. The molecule has 1 amide bonds. The Morgan fingerprint density at radius 3 is 2.37 bits per heavy atom. The van der Waals surface area contributed by atoms with Crippen molar-refractivity contribution in [3.8, 4) is 11.4 Å². The lowest BCUT2D eigenvalue weighted by atomic mass is 9.81. The largest absolute Gasteiger partial charge is 0.497 e. The molecule has 5 rings (SSSR count). The van der Waals surface area contributed by atoms with Gasteiger partial charge in [-0.15, -0.1) is 0 Å². The first-order valence-corrected chi connectivity index (χ1v) is 13.0. The van der Waals surface area contributed by atoms with E-state index in [4.69, 9.17) is 15.3 Å². The number of benzene rings is 3. The van der Waals surface area contributed by atoms with E-state index in [0.29, 0.717) is 34.1 Å². The molecule has 0 radical (unpaired) electrons. The minimum Gasteiger partial charge on any atom is -0.497 e. The first-order chi connectivity index (χ1) is 19.8. The molecule has 208 valence electrons. The number of hydrogen-bond donors (Lipinski definition) is 2. The first-order valence-electron chi connectivity index (χ1n) is 13.0. The second-order valence-electron chi connectivity index (χ2n) is 9.29. The van der Waals surface area contributed by atoms with Crippen LogP contribution < -0.4 is 26.6 Å². The van der Waals surface area contributed by atoms with Gasteiger partial charge in [0, 0.05) is 11.3 Å². The van der Waals surface area contributed by atoms with Gasteiger partial charge in [-0.25, -0.2) is 25.0 Å². The molecule has 3 N–H and O–H groups in total. The van der Waals surface area contributed by atoms with E-state index in [2.05, 4.69) is 10.3 Å². The molecular weight excluding hydrogens is 522 g/mol. The van der Waals surface area contributed by atoms with Crippen LogP contribution in [-0.2, 0) is 9.53 Å². The average molecular weight is 552 g/mol. The molecule has 1 aliphatic heterocycles. The van der Waals surface area contributed by atoms with Crippen molar-refractivity contribution in [3.05, 3.63) is 123 Å². The number of allylic oxidation sites excluding steroid dienone is 1. The predicted octanol–water partition coefficient (Wildman–Crippen LogP) is 4.16. The maximum Gasteiger partial charge on any atom is 0.355 e. The van der Waals surface area contributed by atoms with E-state index in [0.717, 1.165) is 10.6 Å². The van der Waals surface area contributed by atoms with Crippen molar-refractivity contribution in [2.24, 2.45) is 5.84 Å². The Bertz CT molecular complexity index is 1700. The number of amides is 1. The number of para-hydroxylation sites is 1. The fourth-order valence-corrected chi connectivity index (χ4v) is 4.97. The van der Waals surface area contributed by atoms with E-state index < -0.39 is 23.5 Å². The smallest absolute Gasteiger partial charge is 0.355 e. The molecule has 1 aromatic heterocycles. The van der Waals surface area contributed by atoms with Gasteiger partial charge in [-0.1, -0.05) is 54.6 Å². The monoisotopic (exact) mass is 551 g/mol. The standard InChI is InChI=1S/C31H29N5O5/c1-4-41-30(38)24-19(2)33-27-26(25(24)20-12-7-5-8-13-20)28(34-31(39)35(27)22-15-9-6-10-16-22)36(32)29(37)21-14-11-17-23(18-21)40-3/h5-18,25,33H,4,32H2,1-3H3. The molecule has 0 bridgehead atoms. The molecule has 0 aliphatic carbocycles. The predicted molar refractivity (Wildman–Crippen MR) is 155 cm³/mol. The Morgan fingerprint density at radius 2 is 1.71 bits per heavy atom. The number of anilines is 2. The molecule has 1 unspecified atom stereocenters. The fourth-order valence-electron chi connectivity index (χ4n) is 4.97. The maximum atomic E-state index is 13.7. The summed E-state index contributed by atoms with van der Waals surface area (Å²) in [6, 6.07) is 24.7. The van der Waals surface area contributed by atoms with E-state index in [9.17, 15) is 14.4 Å². The van der Waals surface area contributed by atoms with Crippen LogP contribution in [0.3, 0.4) is 0 Å². The number of hydrazine groups is 1. The van der Waals surface area contributed by atoms with Crippen LogP contribution in [0, 0.1) is 0 Å². The fraction of sp³-hybridized carbons (Fsp3) is 0.161. The van der Waals surface area contributed by atoms with Crippen molar-refractivity contribution in [3.63, 3.8) is 0 Å². The van der Waals surface area contributed by atoms with E-state index >= 15 is 0 Å². The van der Waals surface area contributed by atoms with Gasteiger partial charge in [0.15, 0.2) is 5.82 Å². The summed E-state index contributed by atoms with van der Waals surface area (Å²) in [5.74, 6) is 5.24. The third kappa shape index (κ3) is 5.08. The number of nitrogens with zero attached hydrogens (tertiary/aromatic N) is 3. The second-order valence-corrected chi connectivity index (χ2v) is 9.29. The number of ether oxygens (including phenoxy) is 2. The van der Waals surface area contributed by atoms with Gasteiger partial charge in [0.1, 0.15) is 11.6 Å². The summed E-state index contributed by atoms with van der Waals surface area (Å²) in [7, 11) is 1.49. The Balaban J connectivity index is 1.81. The number of carbonyl (C=O) groups is 2. The van der Waals surface area contributed by atoms with Gasteiger partial charge >= 0.3 is 11.7 Å². The first kappa shape index (κ1) is 27.4. The highest BCUT2D eigenvalue weighted by atomic mass is 16.5. The molecule has 1 atom stereocenters. The highest BCUT2D eigenvalue weighted by Crippen LogP contribution is 2.45.